The number of ether oxygens (including phenoxy) is 1. The molecule has 1 aliphatic rings. The van der Waals surface area contributed by atoms with E-state index in [1.165, 1.54) is 30.6 Å². The van der Waals surface area contributed by atoms with E-state index in [2.05, 4.69) is 10.4 Å². The predicted octanol–water partition coefficient (Wildman–Crippen LogP) is 2.74. The molecule has 1 aromatic carbocycles. The minimum atomic E-state index is -0.431. The largest absolute Gasteiger partial charge is 0.493 e. The van der Waals surface area contributed by atoms with E-state index in [-0.39, 0.29) is 11.8 Å². The predicted molar refractivity (Wildman–Crippen MR) is 86.7 cm³/mol. The Morgan fingerprint density at radius 1 is 1.45 bits per heavy atom. The zero-order chi connectivity index (χ0) is 16.3. The summed E-state index contributed by atoms with van der Waals surface area (Å²) in [6.45, 7) is 5.17. The number of rotatable bonds is 3. The van der Waals surface area contributed by atoms with Gasteiger partial charge in [-0.05, 0) is 25.1 Å². The van der Waals surface area contributed by atoms with Gasteiger partial charge in [-0.3, -0.25) is 9.59 Å². The summed E-state index contributed by atoms with van der Waals surface area (Å²) in [6, 6.07) is 5.23. The van der Waals surface area contributed by atoms with Crippen LogP contribution >= 0.6 is 23.4 Å². The van der Waals surface area contributed by atoms with Gasteiger partial charge < -0.3 is 10.1 Å². The van der Waals surface area contributed by atoms with Crippen molar-refractivity contribution in [2.45, 2.75) is 26.1 Å². The van der Waals surface area contributed by atoms with Crippen molar-refractivity contribution in [1.29, 1.82) is 0 Å². The Balaban J connectivity index is 2.37. The normalized spacial score (nSPS) is 17.2. The van der Waals surface area contributed by atoms with E-state index >= 15 is 0 Å². The molecule has 1 aliphatic heterocycles. The van der Waals surface area contributed by atoms with Gasteiger partial charge >= 0.3 is 0 Å². The van der Waals surface area contributed by atoms with Crippen molar-refractivity contribution in [2.75, 3.05) is 6.61 Å². The topological polar surface area (TPSA) is 71.0 Å². The number of hydrazone groups is 1. The van der Waals surface area contributed by atoms with E-state index in [1.54, 1.807) is 18.2 Å². The van der Waals surface area contributed by atoms with Crippen LogP contribution in [0, 0.1) is 0 Å². The van der Waals surface area contributed by atoms with Crippen molar-refractivity contribution in [3.05, 3.63) is 28.8 Å². The van der Waals surface area contributed by atoms with Crippen LogP contribution in [-0.4, -0.2) is 28.6 Å². The maximum absolute atomic E-state index is 11.8. The van der Waals surface area contributed by atoms with Crippen molar-refractivity contribution in [2.24, 2.45) is 5.10 Å². The molecule has 0 bridgehead atoms. The first-order valence-corrected chi connectivity index (χ1v) is 7.93. The van der Waals surface area contributed by atoms with E-state index in [1.807, 2.05) is 6.92 Å². The van der Waals surface area contributed by atoms with Crippen LogP contribution in [0.1, 0.15) is 31.7 Å². The summed E-state index contributed by atoms with van der Waals surface area (Å²) in [5.41, 5.74) is 0.735. The second-order valence-electron chi connectivity index (χ2n) is 4.54. The average Bonchev–Trinajstić information content (AvgIpc) is 2.84. The van der Waals surface area contributed by atoms with Gasteiger partial charge in [0.25, 0.3) is 0 Å². The fourth-order valence-corrected chi connectivity index (χ4v) is 3.30. The minimum absolute atomic E-state index is 0.236. The molecule has 118 valence electrons. The Morgan fingerprint density at radius 3 is 2.77 bits per heavy atom. The number of nitrogens with one attached hydrogen (secondary N) is 1. The van der Waals surface area contributed by atoms with E-state index in [0.717, 1.165) is 5.56 Å². The molecule has 0 aromatic heterocycles. The van der Waals surface area contributed by atoms with Gasteiger partial charge in [-0.1, -0.05) is 23.4 Å². The van der Waals surface area contributed by atoms with Gasteiger partial charge in [0.1, 0.15) is 11.1 Å². The van der Waals surface area contributed by atoms with Gasteiger partial charge in [0.05, 0.1) is 6.61 Å². The van der Waals surface area contributed by atoms with E-state index in [0.29, 0.717) is 22.5 Å². The number of benzene rings is 1. The summed E-state index contributed by atoms with van der Waals surface area (Å²) in [5.74, 6) is 0.154. The number of amidine groups is 1. The number of hydrogen-bond acceptors (Lipinski definition) is 5. The molecule has 1 aromatic rings. The maximum atomic E-state index is 11.8. The summed E-state index contributed by atoms with van der Waals surface area (Å²) < 4.78 is 5.60. The van der Waals surface area contributed by atoms with E-state index < -0.39 is 5.37 Å². The Morgan fingerprint density at radius 2 is 2.18 bits per heavy atom. The van der Waals surface area contributed by atoms with Crippen LogP contribution in [0.25, 0.3) is 0 Å². The molecule has 0 aliphatic carbocycles. The lowest BCUT2D eigenvalue weighted by atomic mass is 10.2. The summed E-state index contributed by atoms with van der Waals surface area (Å²) in [7, 11) is 0. The summed E-state index contributed by atoms with van der Waals surface area (Å²) in [6.07, 6.45) is 0. The lowest BCUT2D eigenvalue weighted by Crippen LogP contribution is -2.25. The fraction of sp³-hybridized carbons (Fsp3) is 0.357. The zero-order valence-corrected chi connectivity index (χ0v) is 14.0. The Hall–Kier alpha value is -1.73. The molecule has 0 saturated carbocycles. The first-order valence-electron chi connectivity index (χ1n) is 6.67. The molecule has 1 unspecified atom stereocenters. The van der Waals surface area contributed by atoms with Crippen molar-refractivity contribution in [1.82, 2.24) is 10.3 Å². The molecule has 1 N–H and O–H groups in total. The fourth-order valence-electron chi connectivity index (χ4n) is 1.96. The molecule has 1 heterocycles. The van der Waals surface area contributed by atoms with Crippen LogP contribution in [-0.2, 0) is 9.59 Å². The molecule has 0 fully saturated rings. The number of carbonyl (C=O) groups is 2. The number of thioether (sulfide) groups is 1. The lowest BCUT2D eigenvalue weighted by Gasteiger charge is -2.21. The van der Waals surface area contributed by atoms with Crippen LogP contribution in [0.4, 0.5) is 0 Å². The first kappa shape index (κ1) is 16.6. The maximum Gasteiger partial charge on any atom is 0.241 e. The van der Waals surface area contributed by atoms with Gasteiger partial charge in [0.15, 0.2) is 5.17 Å². The number of nitrogens with zero attached hydrogens (tertiary/aromatic N) is 2. The second-order valence-corrected chi connectivity index (χ2v) is 6.04. The summed E-state index contributed by atoms with van der Waals surface area (Å²) in [5, 5.41) is 8.53. The Bertz CT molecular complexity index is 636. The highest BCUT2D eigenvalue weighted by molar-refractivity contribution is 8.14. The third kappa shape index (κ3) is 3.72. The highest BCUT2D eigenvalue weighted by atomic mass is 35.5. The monoisotopic (exact) mass is 341 g/mol. The average molecular weight is 342 g/mol. The molecule has 8 heteroatoms. The van der Waals surface area contributed by atoms with E-state index in [9.17, 15) is 9.59 Å². The van der Waals surface area contributed by atoms with Gasteiger partial charge in [0.2, 0.25) is 11.8 Å². The van der Waals surface area contributed by atoms with Crippen LogP contribution in [0.2, 0.25) is 5.02 Å². The Kier molecular flexibility index (Phi) is 5.31. The SMILES string of the molecule is CCOc1ccc(Cl)cc1C1SC(NC(C)=O)=NN1C(C)=O. The second kappa shape index (κ2) is 7.02. The molecule has 2 rings (SSSR count). The lowest BCUT2D eigenvalue weighted by molar-refractivity contribution is -0.129. The molecular formula is C14H16ClN3O3S. The minimum Gasteiger partial charge on any atom is -0.493 e. The summed E-state index contributed by atoms with van der Waals surface area (Å²) >= 11 is 7.33. The van der Waals surface area contributed by atoms with Crippen molar-refractivity contribution in [3.8, 4) is 5.75 Å². The standard InChI is InChI=1S/C14H16ClN3O3S/c1-4-21-12-6-5-10(15)7-11(12)13-18(9(3)20)17-14(22-13)16-8(2)19/h5-7,13H,4H2,1-3H3,(H,16,17,19). The van der Waals surface area contributed by atoms with Gasteiger partial charge in [-0.15, -0.1) is 5.10 Å². The van der Waals surface area contributed by atoms with Gasteiger partial charge in [-0.2, -0.15) is 0 Å². The molecular weight excluding hydrogens is 326 g/mol. The molecule has 22 heavy (non-hydrogen) atoms. The quantitative estimate of drug-likeness (QED) is 0.917. The highest BCUT2D eigenvalue weighted by Gasteiger charge is 2.34. The Labute approximate surface area is 137 Å². The molecule has 0 spiro atoms. The van der Waals surface area contributed by atoms with Crippen molar-refractivity contribution >= 4 is 40.3 Å². The van der Waals surface area contributed by atoms with E-state index in [4.69, 9.17) is 16.3 Å². The molecule has 6 nitrogen and oxygen atoms in total. The van der Waals surface area contributed by atoms with Crippen molar-refractivity contribution in [3.63, 3.8) is 0 Å². The third-order valence-electron chi connectivity index (χ3n) is 2.79. The number of halogens is 1. The van der Waals surface area contributed by atoms with Gasteiger partial charge in [0, 0.05) is 24.4 Å². The third-order valence-corrected chi connectivity index (χ3v) is 4.11. The van der Waals surface area contributed by atoms with Crippen LogP contribution < -0.4 is 10.1 Å². The number of hydrogen-bond donors (Lipinski definition) is 1. The molecule has 2 amide bonds. The molecule has 0 saturated heterocycles. The van der Waals surface area contributed by atoms with Crippen LogP contribution in [0.15, 0.2) is 23.3 Å². The molecule has 0 radical (unpaired) electrons. The smallest absolute Gasteiger partial charge is 0.241 e. The zero-order valence-electron chi connectivity index (χ0n) is 12.4. The molecule has 1 atom stereocenters. The first-order chi connectivity index (χ1) is 10.4. The van der Waals surface area contributed by atoms with Crippen LogP contribution in [0.5, 0.6) is 5.75 Å². The number of carbonyl (C=O) groups excluding carboxylic acids is 2. The highest BCUT2D eigenvalue weighted by Crippen LogP contribution is 2.43. The van der Waals surface area contributed by atoms with Crippen LogP contribution in [0.3, 0.4) is 0 Å². The van der Waals surface area contributed by atoms with Crippen molar-refractivity contribution < 1.29 is 14.3 Å². The van der Waals surface area contributed by atoms with Gasteiger partial charge in [-0.25, -0.2) is 5.01 Å². The number of amides is 2. The summed E-state index contributed by atoms with van der Waals surface area (Å²) in [4.78, 5) is 23.0.